The van der Waals surface area contributed by atoms with Gasteiger partial charge in [0.15, 0.2) is 11.6 Å². The molecule has 3 aromatic rings. The minimum absolute atomic E-state index is 0.753. The van der Waals surface area contributed by atoms with Crippen LogP contribution < -0.4 is 5.73 Å². The molecule has 0 aliphatic carbocycles. The molecule has 3 rings (SSSR count). The van der Waals surface area contributed by atoms with Gasteiger partial charge in [0, 0.05) is 7.05 Å². The molecule has 4 nitrogen and oxygen atoms in total. The van der Waals surface area contributed by atoms with Crippen molar-refractivity contribution in [2.75, 3.05) is 5.73 Å². The number of nitrogen functional groups attached to an aromatic ring is 1. The first-order chi connectivity index (χ1) is 8.25. The van der Waals surface area contributed by atoms with Crippen LogP contribution in [0.1, 0.15) is 0 Å². The highest BCUT2D eigenvalue weighted by atomic mass is 32.1. The minimum Gasteiger partial charge on any atom is -0.397 e. The molecule has 0 saturated heterocycles. The topological polar surface area (TPSA) is 56.7 Å². The molecule has 86 valence electrons. The maximum atomic E-state index is 5.90. The van der Waals surface area contributed by atoms with E-state index < -0.39 is 0 Å². The van der Waals surface area contributed by atoms with Crippen molar-refractivity contribution in [1.29, 1.82) is 0 Å². The first-order valence-corrected chi connectivity index (χ1v) is 6.80. The van der Waals surface area contributed by atoms with Crippen LogP contribution in [0, 0.1) is 0 Å². The summed E-state index contributed by atoms with van der Waals surface area (Å²) in [5, 5.41) is 8.40. The quantitative estimate of drug-likeness (QED) is 0.772. The van der Waals surface area contributed by atoms with Crippen molar-refractivity contribution >= 4 is 28.4 Å². The van der Waals surface area contributed by atoms with Crippen molar-refractivity contribution < 1.29 is 0 Å². The summed E-state index contributed by atoms with van der Waals surface area (Å²) in [6.07, 6.45) is 0. The van der Waals surface area contributed by atoms with E-state index in [9.17, 15) is 0 Å². The summed E-state index contributed by atoms with van der Waals surface area (Å²) in [6.45, 7) is 0. The summed E-state index contributed by atoms with van der Waals surface area (Å²) in [4.78, 5) is 6.59. The average Bonchev–Trinajstić information content (AvgIpc) is 2.98. The van der Waals surface area contributed by atoms with E-state index in [-0.39, 0.29) is 0 Å². The van der Waals surface area contributed by atoms with Gasteiger partial charge in [0.1, 0.15) is 0 Å². The van der Waals surface area contributed by atoms with Crippen LogP contribution >= 0.6 is 22.7 Å². The van der Waals surface area contributed by atoms with Gasteiger partial charge in [0.05, 0.1) is 15.4 Å². The van der Waals surface area contributed by atoms with Crippen molar-refractivity contribution in [3.05, 3.63) is 29.0 Å². The highest BCUT2D eigenvalue weighted by Gasteiger charge is 2.14. The van der Waals surface area contributed by atoms with Crippen molar-refractivity contribution in [3.63, 3.8) is 0 Å². The third-order valence-corrected chi connectivity index (χ3v) is 4.20. The van der Waals surface area contributed by atoms with Crippen LogP contribution in [0.5, 0.6) is 0 Å². The Balaban J connectivity index is 2.11. The molecule has 0 aliphatic rings. The smallest absolute Gasteiger partial charge is 0.191 e. The Morgan fingerprint density at radius 1 is 1.24 bits per heavy atom. The van der Waals surface area contributed by atoms with E-state index in [1.54, 1.807) is 27.4 Å². The van der Waals surface area contributed by atoms with E-state index in [1.807, 2.05) is 36.0 Å². The molecular formula is C11H10N4S2. The Hall–Kier alpha value is -1.66. The third kappa shape index (κ3) is 1.75. The van der Waals surface area contributed by atoms with E-state index >= 15 is 0 Å². The van der Waals surface area contributed by atoms with Crippen LogP contribution in [0.4, 0.5) is 5.69 Å². The predicted molar refractivity (Wildman–Crippen MR) is 72.0 cm³/mol. The van der Waals surface area contributed by atoms with Crippen molar-refractivity contribution in [3.8, 4) is 21.4 Å². The van der Waals surface area contributed by atoms with Gasteiger partial charge in [-0.05, 0) is 22.9 Å². The Morgan fingerprint density at radius 3 is 2.76 bits per heavy atom. The fourth-order valence-corrected chi connectivity index (χ4v) is 3.08. The SMILES string of the molecule is Cn1nc(-c2cccs2)nc1-c1sccc1N. The van der Waals surface area contributed by atoms with E-state index in [2.05, 4.69) is 10.1 Å². The molecule has 0 unspecified atom stereocenters. The Bertz CT molecular complexity index is 636. The van der Waals surface area contributed by atoms with Gasteiger partial charge >= 0.3 is 0 Å². The zero-order chi connectivity index (χ0) is 11.8. The number of hydrogen-bond acceptors (Lipinski definition) is 5. The van der Waals surface area contributed by atoms with Crippen LogP contribution in [0.15, 0.2) is 29.0 Å². The second-order valence-electron chi connectivity index (χ2n) is 3.56. The van der Waals surface area contributed by atoms with Crippen LogP contribution in [0.2, 0.25) is 0 Å². The predicted octanol–water partition coefficient (Wildman–Crippen LogP) is 2.85. The van der Waals surface area contributed by atoms with Gasteiger partial charge < -0.3 is 5.73 Å². The normalized spacial score (nSPS) is 10.9. The molecule has 0 aromatic carbocycles. The van der Waals surface area contributed by atoms with Gasteiger partial charge in [-0.15, -0.1) is 27.8 Å². The number of anilines is 1. The highest BCUT2D eigenvalue weighted by molar-refractivity contribution is 7.14. The molecule has 3 aromatic heterocycles. The summed E-state index contributed by atoms with van der Waals surface area (Å²) >= 11 is 3.22. The van der Waals surface area contributed by atoms with Gasteiger partial charge in [-0.2, -0.15) is 0 Å². The van der Waals surface area contributed by atoms with Crippen LogP contribution in [0.3, 0.4) is 0 Å². The van der Waals surface area contributed by atoms with Crippen LogP contribution in [-0.4, -0.2) is 14.8 Å². The zero-order valence-corrected chi connectivity index (χ0v) is 10.8. The zero-order valence-electron chi connectivity index (χ0n) is 9.12. The number of hydrogen-bond donors (Lipinski definition) is 1. The first kappa shape index (κ1) is 10.5. The molecule has 2 N–H and O–H groups in total. The fraction of sp³-hybridized carbons (Fsp3) is 0.0909. The molecule has 0 spiro atoms. The summed E-state index contributed by atoms with van der Waals surface area (Å²) in [5.41, 5.74) is 6.65. The molecule has 3 heterocycles. The summed E-state index contributed by atoms with van der Waals surface area (Å²) in [6, 6.07) is 5.90. The molecule has 0 fully saturated rings. The standard InChI is InChI=1S/C11H10N4S2/c1-15-11(9-7(12)4-6-17-9)13-10(14-15)8-3-2-5-16-8/h2-6H,12H2,1H3. The number of aryl methyl sites for hydroxylation is 1. The molecule has 0 radical (unpaired) electrons. The summed E-state index contributed by atoms with van der Waals surface area (Å²) in [5.74, 6) is 1.58. The third-order valence-electron chi connectivity index (χ3n) is 2.40. The van der Waals surface area contributed by atoms with Gasteiger partial charge in [-0.1, -0.05) is 6.07 Å². The fourth-order valence-electron chi connectivity index (χ4n) is 1.59. The molecule has 6 heteroatoms. The lowest BCUT2D eigenvalue weighted by molar-refractivity contribution is 0.779. The Kier molecular flexibility index (Phi) is 2.45. The maximum Gasteiger partial charge on any atom is 0.191 e. The Labute approximate surface area is 106 Å². The lowest BCUT2D eigenvalue weighted by Crippen LogP contribution is -1.95. The maximum absolute atomic E-state index is 5.90. The van der Waals surface area contributed by atoms with Gasteiger partial charge in [0.2, 0.25) is 0 Å². The second kappa shape index (κ2) is 3.97. The van der Waals surface area contributed by atoms with Crippen LogP contribution in [0.25, 0.3) is 21.4 Å². The first-order valence-electron chi connectivity index (χ1n) is 5.04. The molecular weight excluding hydrogens is 252 g/mol. The van der Waals surface area contributed by atoms with Gasteiger partial charge in [0.25, 0.3) is 0 Å². The molecule has 0 aliphatic heterocycles. The molecule has 0 amide bonds. The summed E-state index contributed by atoms with van der Waals surface area (Å²) < 4.78 is 1.78. The molecule has 0 saturated carbocycles. The monoisotopic (exact) mass is 262 g/mol. The Morgan fingerprint density at radius 2 is 2.12 bits per heavy atom. The van der Waals surface area contributed by atoms with E-state index in [0.29, 0.717) is 0 Å². The van der Waals surface area contributed by atoms with Crippen molar-refractivity contribution in [2.24, 2.45) is 7.05 Å². The number of nitrogens with zero attached hydrogens (tertiary/aromatic N) is 3. The van der Waals surface area contributed by atoms with Crippen molar-refractivity contribution in [1.82, 2.24) is 14.8 Å². The largest absolute Gasteiger partial charge is 0.397 e. The lowest BCUT2D eigenvalue weighted by Gasteiger charge is -1.96. The van der Waals surface area contributed by atoms with E-state index in [1.165, 1.54) is 0 Å². The second-order valence-corrected chi connectivity index (χ2v) is 5.43. The molecule has 0 bridgehead atoms. The van der Waals surface area contributed by atoms with E-state index in [4.69, 9.17) is 5.73 Å². The average molecular weight is 262 g/mol. The summed E-state index contributed by atoms with van der Waals surface area (Å²) in [7, 11) is 1.89. The van der Waals surface area contributed by atoms with Crippen molar-refractivity contribution in [2.45, 2.75) is 0 Å². The van der Waals surface area contributed by atoms with Gasteiger partial charge in [-0.3, -0.25) is 0 Å². The number of thiophene rings is 2. The van der Waals surface area contributed by atoms with E-state index in [0.717, 1.165) is 27.1 Å². The molecule has 0 atom stereocenters. The number of aromatic nitrogens is 3. The minimum atomic E-state index is 0.753. The van der Waals surface area contributed by atoms with Gasteiger partial charge in [-0.25, -0.2) is 9.67 Å². The molecule has 17 heavy (non-hydrogen) atoms. The van der Waals surface area contributed by atoms with Crippen LogP contribution in [-0.2, 0) is 7.05 Å². The number of rotatable bonds is 2. The number of nitrogens with two attached hydrogens (primary N) is 1. The lowest BCUT2D eigenvalue weighted by atomic mass is 10.4. The highest BCUT2D eigenvalue weighted by Crippen LogP contribution is 2.31.